The minimum absolute atomic E-state index is 0.179. The van der Waals surface area contributed by atoms with E-state index in [-0.39, 0.29) is 5.75 Å². The Morgan fingerprint density at radius 3 is 2.90 bits per heavy atom. The molecule has 0 saturated carbocycles. The molecule has 1 aliphatic carbocycles. The lowest BCUT2D eigenvalue weighted by Crippen LogP contribution is -2.24. The molecule has 2 rings (SSSR count). The van der Waals surface area contributed by atoms with Crippen LogP contribution in [0.4, 0.5) is 0 Å². The Kier molecular flexibility index (Phi) is 5.65. The second-order valence-corrected chi connectivity index (χ2v) is 7.95. The topological polar surface area (TPSA) is 55.4 Å². The summed E-state index contributed by atoms with van der Waals surface area (Å²) in [6, 6.07) is 6.67. The average Bonchev–Trinajstić information content (AvgIpc) is 2.43. The molecule has 5 heteroatoms. The van der Waals surface area contributed by atoms with Gasteiger partial charge in [0.25, 0.3) is 0 Å². The highest BCUT2D eigenvalue weighted by Gasteiger charge is 2.19. The van der Waals surface area contributed by atoms with Gasteiger partial charge in [0.1, 0.15) is 15.6 Å². The number of benzene rings is 1. The summed E-state index contributed by atoms with van der Waals surface area (Å²) < 4.78 is 27.9. The van der Waals surface area contributed by atoms with Crippen molar-refractivity contribution in [3.63, 3.8) is 0 Å². The van der Waals surface area contributed by atoms with Gasteiger partial charge in [0.2, 0.25) is 0 Å². The molecule has 1 N–H and O–H groups in total. The van der Waals surface area contributed by atoms with Crippen LogP contribution in [0.3, 0.4) is 0 Å². The van der Waals surface area contributed by atoms with Crippen molar-refractivity contribution in [1.29, 1.82) is 0 Å². The highest BCUT2D eigenvalue weighted by molar-refractivity contribution is 7.90. The van der Waals surface area contributed by atoms with Crippen molar-refractivity contribution in [3.8, 4) is 5.75 Å². The first-order valence-corrected chi connectivity index (χ1v) is 9.72. The van der Waals surface area contributed by atoms with E-state index in [4.69, 9.17) is 4.74 Å². The largest absolute Gasteiger partial charge is 0.494 e. The van der Waals surface area contributed by atoms with Crippen molar-refractivity contribution in [2.24, 2.45) is 0 Å². The van der Waals surface area contributed by atoms with Crippen LogP contribution in [0.15, 0.2) is 18.2 Å². The Hall–Kier alpha value is -1.07. The molecule has 1 atom stereocenters. The van der Waals surface area contributed by atoms with Gasteiger partial charge < -0.3 is 10.1 Å². The SMILES string of the molecule is CCNC1CCCc2ccc(OCCCS(C)(=O)=O)cc21. The van der Waals surface area contributed by atoms with E-state index < -0.39 is 9.84 Å². The zero-order valence-electron chi connectivity index (χ0n) is 12.9. The summed E-state index contributed by atoms with van der Waals surface area (Å²) in [6.45, 7) is 3.53. The zero-order valence-corrected chi connectivity index (χ0v) is 13.7. The quantitative estimate of drug-likeness (QED) is 0.786. The normalized spacial score (nSPS) is 18.3. The van der Waals surface area contributed by atoms with Gasteiger partial charge in [-0.3, -0.25) is 0 Å². The third-order valence-corrected chi connectivity index (χ3v) is 4.84. The summed E-state index contributed by atoms with van der Waals surface area (Å²) in [5, 5.41) is 3.52. The van der Waals surface area contributed by atoms with Crippen LogP contribution in [0.25, 0.3) is 0 Å². The van der Waals surface area contributed by atoms with Crippen molar-refractivity contribution < 1.29 is 13.2 Å². The van der Waals surface area contributed by atoms with E-state index in [0.717, 1.165) is 18.7 Å². The minimum atomic E-state index is -2.90. The highest BCUT2D eigenvalue weighted by Crippen LogP contribution is 2.32. The van der Waals surface area contributed by atoms with E-state index in [2.05, 4.69) is 24.4 Å². The van der Waals surface area contributed by atoms with Crippen LogP contribution < -0.4 is 10.1 Å². The van der Waals surface area contributed by atoms with Crippen LogP contribution in [-0.4, -0.2) is 33.6 Å². The van der Waals surface area contributed by atoms with Gasteiger partial charge in [-0.1, -0.05) is 13.0 Å². The molecule has 0 aromatic heterocycles. The van der Waals surface area contributed by atoms with E-state index in [1.54, 1.807) is 0 Å². The van der Waals surface area contributed by atoms with Gasteiger partial charge in [0, 0.05) is 12.3 Å². The molecule has 0 bridgehead atoms. The smallest absolute Gasteiger partial charge is 0.147 e. The summed E-state index contributed by atoms with van der Waals surface area (Å²) >= 11 is 0. The molecule has 1 unspecified atom stereocenters. The van der Waals surface area contributed by atoms with E-state index in [1.807, 2.05) is 6.07 Å². The zero-order chi connectivity index (χ0) is 15.3. The van der Waals surface area contributed by atoms with Gasteiger partial charge in [-0.25, -0.2) is 8.42 Å². The van der Waals surface area contributed by atoms with Crippen molar-refractivity contribution in [2.45, 2.75) is 38.6 Å². The van der Waals surface area contributed by atoms with E-state index in [0.29, 0.717) is 19.1 Å². The predicted octanol–water partition coefficient (Wildman–Crippen LogP) is 2.49. The lowest BCUT2D eigenvalue weighted by Gasteiger charge is -2.26. The second kappa shape index (κ2) is 7.27. The molecule has 0 fully saturated rings. The van der Waals surface area contributed by atoms with E-state index in [1.165, 1.54) is 30.2 Å². The van der Waals surface area contributed by atoms with Gasteiger partial charge in [0.05, 0.1) is 12.4 Å². The monoisotopic (exact) mass is 311 g/mol. The molecular weight excluding hydrogens is 286 g/mol. The number of aryl methyl sites for hydroxylation is 1. The van der Waals surface area contributed by atoms with E-state index in [9.17, 15) is 8.42 Å². The molecule has 1 aromatic carbocycles. The number of hydrogen-bond donors (Lipinski definition) is 1. The lowest BCUT2D eigenvalue weighted by molar-refractivity contribution is 0.316. The number of nitrogens with one attached hydrogen (secondary N) is 1. The number of sulfone groups is 1. The van der Waals surface area contributed by atoms with Crippen LogP contribution in [0.2, 0.25) is 0 Å². The molecule has 118 valence electrons. The molecule has 0 spiro atoms. The Morgan fingerprint density at radius 1 is 1.38 bits per heavy atom. The van der Waals surface area contributed by atoms with Gasteiger partial charge in [-0.2, -0.15) is 0 Å². The van der Waals surface area contributed by atoms with Crippen LogP contribution in [0.1, 0.15) is 43.4 Å². The molecule has 0 radical (unpaired) electrons. The predicted molar refractivity (Wildman–Crippen MR) is 85.6 cm³/mol. The Labute approximate surface area is 127 Å². The molecule has 0 aliphatic heterocycles. The molecule has 1 aliphatic rings. The third-order valence-electron chi connectivity index (χ3n) is 3.81. The maximum Gasteiger partial charge on any atom is 0.147 e. The maximum absolute atomic E-state index is 11.1. The van der Waals surface area contributed by atoms with Crippen molar-refractivity contribution >= 4 is 9.84 Å². The molecular formula is C16H25NO3S. The Balaban J connectivity index is 1.97. The van der Waals surface area contributed by atoms with Crippen LogP contribution in [0.5, 0.6) is 5.75 Å². The first kappa shape index (κ1) is 16.3. The number of fused-ring (bicyclic) bond motifs is 1. The first-order chi connectivity index (χ1) is 9.99. The molecule has 21 heavy (non-hydrogen) atoms. The summed E-state index contributed by atoms with van der Waals surface area (Å²) in [5.41, 5.74) is 2.74. The number of ether oxygens (including phenoxy) is 1. The fourth-order valence-corrected chi connectivity index (χ4v) is 3.48. The van der Waals surface area contributed by atoms with Gasteiger partial charge in [0.15, 0.2) is 0 Å². The summed E-state index contributed by atoms with van der Waals surface area (Å²) in [7, 11) is -2.90. The summed E-state index contributed by atoms with van der Waals surface area (Å²) in [4.78, 5) is 0. The van der Waals surface area contributed by atoms with Crippen molar-refractivity contribution in [1.82, 2.24) is 5.32 Å². The van der Waals surface area contributed by atoms with Crippen LogP contribution in [0, 0.1) is 0 Å². The standard InChI is InChI=1S/C16H25NO3S/c1-3-17-16-7-4-6-13-8-9-14(12-15(13)16)20-10-5-11-21(2,18)19/h8-9,12,16-17H,3-7,10-11H2,1-2H3. The first-order valence-electron chi connectivity index (χ1n) is 7.66. The third kappa shape index (κ3) is 5.00. The fraction of sp³-hybridized carbons (Fsp3) is 0.625. The summed E-state index contributed by atoms with van der Waals surface area (Å²) in [5.74, 6) is 1.02. The second-order valence-electron chi connectivity index (χ2n) is 5.70. The van der Waals surface area contributed by atoms with Crippen molar-refractivity contribution in [2.75, 3.05) is 25.2 Å². The Bertz CT molecular complexity index is 569. The Morgan fingerprint density at radius 2 is 2.19 bits per heavy atom. The molecule has 4 nitrogen and oxygen atoms in total. The van der Waals surface area contributed by atoms with Crippen molar-refractivity contribution in [3.05, 3.63) is 29.3 Å². The van der Waals surface area contributed by atoms with Gasteiger partial charge in [-0.05, 0) is 55.5 Å². The van der Waals surface area contributed by atoms with Gasteiger partial charge in [-0.15, -0.1) is 0 Å². The van der Waals surface area contributed by atoms with Crippen LogP contribution >= 0.6 is 0 Å². The minimum Gasteiger partial charge on any atom is -0.494 e. The van der Waals surface area contributed by atoms with E-state index >= 15 is 0 Å². The molecule has 0 heterocycles. The molecule has 0 saturated heterocycles. The van der Waals surface area contributed by atoms with Gasteiger partial charge >= 0.3 is 0 Å². The highest BCUT2D eigenvalue weighted by atomic mass is 32.2. The number of rotatable bonds is 7. The number of hydrogen-bond acceptors (Lipinski definition) is 4. The summed E-state index contributed by atoms with van der Waals surface area (Å²) in [6.07, 6.45) is 5.31. The molecule has 0 amide bonds. The maximum atomic E-state index is 11.1. The lowest BCUT2D eigenvalue weighted by atomic mass is 9.87. The average molecular weight is 311 g/mol. The van der Waals surface area contributed by atoms with Crippen LogP contribution in [-0.2, 0) is 16.3 Å². The fourth-order valence-electron chi connectivity index (χ4n) is 2.84. The molecule has 1 aromatic rings.